The maximum Gasteiger partial charge on any atom is 0.0574 e. The number of likely N-dealkylation sites (N-methyl/N-ethyl adjacent to an activating group) is 1. The fraction of sp³-hybridized carbons (Fsp3) is 0.833. The van der Waals surface area contributed by atoms with Crippen LogP contribution in [0.1, 0.15) is 25.7 Å². The first-order valence-electron chi connectivity index (χ1n) is 5.65. The summed E-state index contributed by atoms with van der Waals surface area (Å²) < 4.78 is 0. The lowest BCUT2D eigenvalue weighted by molar-refractivity contribution is 0.279. The SMILES string of the molecule is C#CCNCCN(C)CC1CCCC1. The molecule has 0 amide bonds. The molecule has 2 nitrogen and oxygen atoms in total. The lowest BCUT2D eigenvalue weighted by Crippen LogP contribution is -2.32. The van der Waals surface area contributed by atoms with E-state index in [1.54, 1.807) is 0 Å². The van der Waals surface area contributed by atoms with Crippen LogP contribution in [-0.2, 0) is 0 Å². The van der Waals surface area contributed by atoms with E-state index in [4.69, 9.17) is 6.42 Å². The smallest absolute Gasteiger partial charge is 0.0574 e. The normalized spacial score (nSPS) is 17.5. The molecule has 0 unspecified atom stereocenters. The Hall–Kier alpha value is -0.520. The third kappa shape index (κ3) is 4.64. The maximum atomic E-state index is 5.15. The first kappa shape index (κ1) is 11.6. The lowest BCUT2D eigenvalue weighted by atomic mass is 10.1. The van der Waals surface area contributed by atoms with Crippen LogP contribution in [0.15, 0.2) is 0 Å². The number of terminal acetylenes is 1. The molecule has 14 heavy (non-hydrogen) atoms. The quantitative estimate of drug-likeness (QED) is 0.507. The van der Waals surface area contributed by atoms with Gasteiger partial charge in [0.1, 0.15) is 0 Å². The minimum atomic E-state index is 0.692. The van der Waals surface area contributed by atoms with Crippen molar-refractivity contribution in [2.45, 2.75) is 25.7 Å². The van der Waals surface area contributed by atoms with Gasteiger partial charge in [-0.1, -0.05) is 18.8 Å². The van der Waals surface area contributed by atoms with E-state index in [1.807, 2.05) is 0 Å². The van der Waals surface area contributed by atoms with Crippen molar-refractivity contribution in [1.82, 2.24) is 10.2 Å². The number of hydrogen-bond donors (Lipinski definition) is 1. The van der Waals surface area contributed by atoms with E-state index in [0.29, 0.717) is 6.54 Å². The molecule has 1 fully saturated rings. The highest BCUT2D eigenvalue weighted by molar-refractivity contribution is 4.86. The minimum Gasteiger partial charge on any atom is -0.305 e. The summed E-state index contributed by atoms with van der Waals surface area (Å²) in [7, 11) is 2.20. The zero-order valence-corrected chi connectivity index (χ0v) is 9.26. The van der Waals surface area contributed by atoms with E-state index >= 15 is 0 Å². The highest BCUT2D eigenvalue weighted by Crippen LogP contribution is 2.24. The van der Waals surface area contributed by atoms with Crippen LogP contribution >= 0.6 is 0 Å². The van der Waals surface area contributed by atoms with Gasteiger partial charge in [0.15, 0.2) is 0 Å². The van der Waals surface area contributed by atoms with Crippen molar-refractivity contribution in [3.05, 3.63) is 0 Å². The summed E-state index contributed by atoms with van der Waals surface area (Å²) in [5, 5.41) is 3.21. The summed E-state index contributed by atoms with van der Waals surface area (Å²) in [6, 6.07) is 0. The Kier molecular flexibility index (Phi) is 5.66. The predicted octanol–water partition coefficient (Wildman–Crippen LogP) is 1.33. The summed E-state index contributed by atoms with van der Waals surface area (Å²) in [6.07, 6.45) is 10.9. The van der Waals surface area contributed by atoms with Crippen LogP contribution in [0.5, 0.6) is 0 Å². The number of nitrogens with zero attached hydrogens (tertiary/aromatic N) is 1. The monoisotopic (exact) mass is 194 g/mol. The summed E-state index contributed by atoms with van der Waals surface area (Å²) in [6.45, 7) is 4.07. The summed E-state index contributed by atoms with van der Waals surface area (Å²) in [5.41, 5.74) is 0. The fourth-order valence-corrected chi connectivity index (χ4v) is 2.16. The Morgan fingerprint density at radius 3 is 2.79 bits per heavy atom. The molecule has 1 N–H and O–H groups in total. The third-order valence-corrected chi connectivity index (χ3v) is 2.94. The molecule has 0 heterocycles. The number of nitrogens with one attached hydrogen (secondary N) is 1. The molecule has 0 aromatic heterocycles. The van der Waals surface area contributed by atoms with Crippen LogP contribution in [0.3, 0.4) is 0 Å². The average molecular weight is 194 g/mol. The van der Waals surface area contributed by atoms with Gasteiger partial charge in [0.05, 0.1) is 6.54 Å². The van der Waals surface area contributed by atoms with E-state index in [2.05, 4.69) is 23.2 Å². The lowest BCUT2D eigenvalue weighted by Gasteiger charge is -2.20. The third-order valence-electron chi connectivity index (χ3n) is 2.94. The van der Waals surface area contributed by atoms with Gasteiger partial charge in [-0.05, 0) is 25.8 Å². The average Bonchev–Trinajstić information content (AvgIpc) is 2.65. The van der Waals surface area contributed by atoms with Gasteiger partial charge in [0, 0.05) is 19.6 Å². The van der Waals surface area contributed by atoms with Gasteiger partial charge < -0.3 is 10.2 Å². The second kappa shape index (κ2) is 6.86. The Morgan fingerprint density at radius 2 is 2.14 bits per heavy atom. The largest absolute Gasteiger partial charge is 0.305 e. The van der Waals surface area contributed by atoms with Gasteiger partial charge >= 0.3 is 0 Å². The predicted molar refractivity (Wildman–Crippen MR) is 61.2 cm³/mol. The molecule has 0 atom stereocenters. The Labute approximate surface area is 88.1 Å². The number of hydrogen-bond acceptors (Lipinski definition) is 2. The second-order valence-corrected chi connectivity index (χ2v) is 4.29. The van der Waals surface area contributed by atoms with E-state index in [9.17, 15) is 0 Å². The van der Waals surface area contributed by atoms with Crippen molar-refractivity contribution in [3.63, 3.8) is 0 Å². The van der Waals surface area contributed by atoms with E-state index < -0.39 is 0 Å². The standard InChI is InChI=1S/C12H22N2/c1-3-8-13-9-10-14(2)11-12-6-4-5-7-12/h1,12-13H,4-11H2,2H3. The molecule has 0 aliphatic heterocycles. The van der Waals surface area contributed by atoms with Crippen LogP contribution in [0, 0.1) is 18.3 Å². The van der Waals surface area contributed by atoms with Crippen LogP contribution in [-0.4, -0.2) is 38.1 Å². The molecular weight excluding hydrogens is 172 g/mol. The van der Waals surface area contributed by atoms with Crippen molar-refractivity contribution in [2.75, 3.05) is 33.2 Å². The van der Waals surface area contributed by atoms with Gasteiger partial charge in [-0.25, -0.2) is 0 Å². The molecule has 2 heteroatoms. The van der Waals surface area contributed by atoms with E-state index in [0.717, 1.165) is 19.0 Å². The molecular formula is C12H22N2. The van der Waals surface area contributed by atoms with Crippen molar-refractivity contribution in [1.29, 1.82) is 0 Å². The first-order chi connectivity index (χ1) is 6.83. The van der Waals surface area contributed by atoms with Crippen molar-refractivity contribution in [2.24, 2.45) is 5.92 Å². The minimum absolute atomic E-state index is 0.692. The topological polar surface area (TPSA) is 15.3 Å². The van der Waals surface area contributed by atoms with Crippen LogP contribution in [0.25, 0.3) is 0 Å². The van der Waals surface area contributed by atoms with E-state index in [-0.39, 0.29) is 0 Å². The molecule has 1 saturated carbocycles. The van der Waals surface area contributed by atoms with Crippen LogP contribution in [0.4, 0.5) is 0 Å². The zero-order chi connectivity index (χ0) is 10.2. The number of rotatable bonds is 6. The maximum absolute atomic E-state index is 5.15. The van der Waals surface area contributed by atoms with Gasteiger partial charge in [-0.15, -0.1) is 6.42 Å². The fourth-order valence-electron chi connectivity index (χ4n) is 2.16. The van der Waals surface area contributed by atoms with Crippen molar-refractivity contribution in [3.8, 4) is 12.3 Å². The van der Waals surface area contributed by atoms with E-state index in [1.165, 1.54) is 32.2 Å². The molecule has 0 spiro atoms. The molecule has 0 aromatic rings. The first-order valence-corrected chi connectivity index (χ1v) is 5.65. The summed E-state index contributed by atoms with van der Waals surface area (Å²) >= 11 is 0. The summed E-state index contributed by atoms with van der Waals surface area (Å²) in [5.74, 6) is 3.54. The molecule has 0 aromatic carbocycles. The van der Waals surface area contributed by atoms with Gasteiger partial charge in [-0.2, -0.15) is 0 Å². The Bertz CT molecular complexity index is 177. The van der Waals surface area contributed by atoms with Crippen molar-refractivity contribution >= 4 is 0 Å². The van der Waals surface area contributed by atoms with Crippen LogP contribution in [0.2, 0.25) is 0 Å². The van der Waals surface area contributed by atoms with Crippen molar-refractivity contribution < 1.29 is 0 Å². The molecule has 1 aliphatic carbocycles. The highest BCUT2D eigenvalue weighted by Gasteiger charge is 2.16. The van der Waals surface area contributed by atoms with Gasteiger partial charge in [-0.3, -0.25) is 0 Å². The second-order valence-electron chi connectivity index (χ2n) is 4.29. The molecule has 0 saturated heterocycles. The summed E-state index contributed by atoms with van der Waals surface area (Å²) in [4.78, 5) is 2.42. The highest BCUT2D eigenvalue weighted by atomic mass is 15.1. The molecule has 0 bridgehead atoms. The Balaban J connectivity index is 1.98. The van der Waals surface area contributed by atoms with Crippen LogP contribution < -0.4 is 5.32 Å². The van der Waals surface area contributed by atoms with Gasteiger partial charge in [0.25, 0.3) is 0 Å². The van der Waals surface area contributed by atoms with Gasteiger partial charge in [0.2, 0.25) is 0 Å². The molecule has 0 radical (unpaired) electrons. The zero-order valence-electron chi connectivity index (χ0n) is 9.26. The molecule has 80 valence electrons. The molecule has 1 aliphatic rings. The Morgan fingerprint density at radius 1 is 1.43 bits per heavy atom. The molecule has 1 rings (SSSR count).